The SMILES string of the molecule is Cc1cc(OCc2ccc(C(=O)Nc3ccc(NC(=O)c4ccn(C)n4)cc3)o2)ccc1Cl. The summed E-state index contributed by atoms with van der Waals surface area (Å²) >= 11 is 6.02. The van der Waals surface area contributed by atoms with Crippen LogP contribution >= 0.6 is 11.6 Å². The van der Waals surface area contributed by atoms with Gasteiger partial charge in [-0.25, -0.2) is 0 Å². The lowest BCUT2D eigenvalue weighted by atomic mass is 10.2. The second-order valence-electron chi connectivity index (χ2n) is 7.33. The van der Waals surface area contributed by atoms with E-state index in [1.807, 2.05) is 13.0 Å². The molecular weight excluding hydrogens is 444 g/mol. The van der Waals surface area contributed by atoms with E-state index < -0.39 is 5.91 Å². The summed E-state index contributed by atoms with van der Waals surface area (Å²) in [6, 6.07) is 17.0. The maximum Gasteiger partial charge on any atom is 0.291 e. The summed E-state index contributed by atoms with van der Waals surface area (Å²) in [6.07, 6.45) is 1.69. The number of nitrogens with zero attached hydrogens (tertiary/aromatic N) is 2. The van der Waals surface area contributed by atoms with Crippen LogP contribution in [0.5, 0.6) is 5.75 Å². The molecule has 0 spiro atoms. The number of benzene rings is 2. The van der Waals surface area contributed by atoms with Gasteiger partial charge in [0.2, 0.25) is 0 Å². The average molecular weight is 465 g/mol. The number of ether oxygens (including phenoxy) is 1. The zero-order valence-electron chi connectivity index (χ0n) is 18.0. The van der Waals surface area contributed by atoms with Gasteiger partial charge in [-0.15, -0.1) is 0 Å². The van der Waals surface area contributed by atoms with Crippen molar-refractivity contribution in [3.63, 3.8) is 0 Å². The average Bonchev–Trinajstić information content (AvgIpc) is 3.45. The molecule has 2 aromatic carbocycles. The number of amides is 2. The summed E-state index contributed by atoms with van der Waals surface area (Å²) in [5, 5.41) is 10.2. The van der Waals surface area contributed by atoms with E-state index >= 15 is 0 Å². The fourth-order valence-corrected chi connectivity index (χ4v) is 3.12. The van der Waals surface area contributed by atoms with Crippen LogP contribution in [0.15, 0.2) is 71.3 Å². The third-order valence-electron chi connectivity index (χ3n) is 4.74. The maximum atomic E-state index is 12.5. The van der Waals surface area contributed by atoms with Crippen molar-refractivity contribution >= 4 is 34.8 Å². The predicted molar refractivity (Wildman–Crippen MR) is 125 cm³/mol. The van der Waals surface area contributed by atoms with Gasteiger partial charge in [0.1, 0.15) is 18.1 Å². The molecule has 2 aromatic heterocycles. The molecule has 168 valence electrons. The highest BCUT2D eigenvalue weighted by Crippen LogP contribution is 2.22. The Morgan fingerprint density at radius 2 is 1.70 bits per heavy atom. The topological polar surface area (TPSA) is 98.4 Å². The van der Waals surface area contributed by atoms with E-state index in [1.54, 1.807) is 72.5 Å². The molecule has 9 heteroatoms. The molecule has 0 aliphatic heterocycles. The highest BCUT2D eigenvalue weighted by Gasteiger charge is 2.13. The fourth-order valence-electron chi connectivity index (χ4n) is 3.00. The lowest BCUT2D eigenvalue weighted by molar-refractivity contribution is 0.0990. The van der Waals surface area contributed by atoms with Crippen molar-refractivity contribution in [2.24, 2.45) is 7.05 Å². The van der Waals surface area contributed by atoms with E-state index in [1.165, 1.54) is 0 Å². The van der Waals surface area contributed by atoms with Gasteiger partial charge in [0, 0.05) is 29.6 Å². The molecule has 2 heterocycles. The van der Waals surface area contributed by atoms with Crippen molar-refractivity contribution in [3.05, 3.63) is 94.7 Å². The number of furan rings is 1. The third kappa shape index (κ3) is 5.61. The number of aromatic nitrogens is 2. The molecule has 0 radical (unpaired) electrons. The zero-order valence-corrected chi connectivity index (χ0v) is 18.7. The number of anilines is 2. The van der Waals surface area contributed by atoms with Crippen LogP contribution in [0.4, 0.5) is 11.4 Å². The van der Waals surface area contributed by atoms with Crippen LogP contribution < -0.4 is 15.4 Å². The van der Waals surface area contributed by atoms with Crippen molar-refractivity contribution < 1.29 is 18.7 Å². The standard InChI is InChI=1S/C24H21ClN4O4/c1-15-13-18(7-9-20(15)25)32-14-19-8-10-22(33-19)24(31)27-17-5-3-16(4-6-17)26-23(30)21-11-12-29(2)28-21/h3-13H,14H2,1-2H3,(H,26,30)(H,27,31). The molecule has 0 fully saturated rings. The molecule has 2 N–H and O–H groups in total. The Balaban J connectivity index is 1.31. The van der Waals surface area contributed by atoms with E-state index in [0.29, 0.717) is 33.6 Å². The number of rotatable bonds is 7. The smallest absolute Gasteiger partial charge is 0.291 e. The summed E-state index contributed by atoms with van der Waals surface area (Å²) in [4.78, 5) is 24.7. The van der Waals surface area contributed by atoms with Crippen LogP contribution in [-0.4, -0.2) is 21.6 Å². The number of carbonyl (C=O) groups is 2. The predicted octanol–water partition coefficient (Wildman–Crippen LogP) is 5.06. The van der Waals surface area contributed by atoms with Gasteiger partial charge in [-0.05, 0) is 73.2 Å². The van der Waals surface area contributed by atoms with Crippen LogP contribution in [0.1, 0.15) is 32.4 Å². The number of nitrogens with one attached hydrogen (secondary N) is 2. The summed E-state index contributed by atoms with van der Waals surface area (Å²) < 4.78 is 12.8. The van der Waals surface area contributed by atoms with Crippen molar-refractivity contribution in [1.82, 2.24) is 9.78 Å². The monoisotopic (exact) mass is 464 g/mol. The van der Waals surface area contributed by atoms with Crippen molar-refractivity contribution in [1.29, 1.82) is 0 Å². The number of hydrogen-bond donors (Lipinski definition) is 2. The molecule has 33 heavy (non-hydrogen) atoms. The normalized spacial score (nSPS) is 10.6. The Morgan fingerprint density at radius 1 is 1.00 bits per heavy atom. The van der Waals surface area contributed by atoms with Crippen LogP contribution in [-0.2, 0) is 13.7 Å². The Labute approximate surface area is 195 Å². The molecule has 0 atom stereocenters. The molecule has 8 nitrogen and oxygen atoms in total. The Kier molecular flexibility index (Phi) is 6.46. The summed E-state index contributed by atoms with van der Waals surface area (Å²) in [5.74, 6) is 0.628. The first-order valence-electron chi connectivity index (χ1n) is 10.1. The van der Waals surface area contributed by atoms with Gasteiger partial charge in [-0.1, -0.05) is 11.6 Å². The highest BCUT2D eigenvalue weighted by molar-refractivity contribution is 6.31. The van der Waals surface area contributed by atoms with Crippen molar-refractivity contribution in [2.75, 3.05) is 10.6 Å². The lowest BCUT2D eigenvalue weighted by Gasteiger charge is -2.07. The summed E-state index contributed by atoms with van der Waals surface area (Å²) in [5.41, 5.74) is 2.37. The molecule has 0 aliphatic carbocycles. The Hall–Kier alpha value is -4.04. The molecular formula is C24H21ClN4O4. The van der Waals surface area contributed by atoms with Crippen LogP contribution in [0, 0.1) is 6.92 Å². The molecule has 0 saturated heterocycles. The van der Waals surface area contributed by atoms with E-state index in [0.717, 1.165) is 5.56 Å². The van der Waals surface area contributed by atoms with E-state index in [4.69, 9.17) is 20.8 Å². The zero-order chi connectivity index (χ0) is 23.4. The van der Waals surface area contributed by atoms with E-state index in [-0.39, 0.29) is 18.3 Å². The minimum absolute atomic E-state index is 0.161. The van der Waals surface area contributed by atoms with Gasteiger partial charge in [-0.3, -0.25) is 14.3 Å². The minimum atomic E-state index is -0.395. The van der Waals surface area contributed by atoms with Crippen LogP contribution in [0.25, 0.3) is 0 Å². The van der Waals surface area contributed by atoms with Gasteiger partial charge >= 0.3 is 0 Å². The lowest BCUT2D eigenvalue weighted by Crippen LogP contribution is -2.13. The van der Waals surface area contributed by atoms with Crippen molar-refractivity contribution in [3.8, 4) is 5.75 Å². The second-order valence-corrected chi connectivity index (χ2v) is 7.73. The molecule has 0 aliphatic rings. The second kappa shape index (κ2) is 9.62. The van der Waals surface area contributed by atoms with E-state index in [9.17, 15) is 9.59 Å². The van der Waals surface area contributed by atoms with Gasteiger partial charge in [0.25, 0.3) is 11.8 Å². The number of halogens is 1. The number of aryl methyl sites for hydroxylation is 2. The van der Waals surface area contributed by atoms with Gasteiger partial charge in [0.15, 0.2) is 11.5 Å². The summed E-state index contributed by atoms with van der Waals surface area (Å²) in [7, 11) is 1.74. The van der Waals surface area contributed by atoms with Gasteiger partial charge in [-0.2, -0.15) is 5.10 Å². The highest BCUT2D eigenvalue weighted by atomic mass is 35.5. The quantitative estimate of drug-likeness (QED) is 0.398. The van der Waals surface area contributed by atoms with E-state index in [2.05, 4.69) is 15.7 Å². The molecule has 4 aromatic rings. The van der Waals surface area contributed by atoms with Gasteiger partial charge < -0.3 is 19.8 Å². The molecule has 0 saturated carbocycles. The Morgan fingerprint density at radius 3 is 2.33 bits per heavy atom. The molecule has 4 rings (SSSR count). The largest absolute Gasteiger partial charge is 0.486 e. The fraction of sp³-hybridized carbons (Fsp3) is 0.125. The van der Waals surface area contributed by atoms with Crippen LogP contribution in [0.2, 0.25) is 5.02 Å². The minimum Gasteiger partial charge on any atom is -0.486 e. The van der Waals surface area contributed by atoms with Crippen LogP contribution in [0.3, 0.4) is 0 Å². The first-order chi connectivity index (χ1) is 15.9. The number of carbonyl (C=O) groups excluding carboxylic acids is 2. The first-order valence-corrected chi connectivity index (χ1v) is 10.5. The Bertz CT molecular complexity index is 1290. The molecule has 0 bridgehead atoms. The maximum absolute atomic E-state index is 12.5. The van der Waals surface area contributed by atoms with Gasteiger partial charge in [0.05, 0.1) is 0 Å². The first kappa shape index (κ1) is 22.2. The molecule has 2 amide bonds. The third-order valence-corrected chi connectivity index (χ3v) is 5.17. The number of hydrogen-bond acceptors (Lipinski definition) is 5. The summed E-state index contributed by atoms with van der Waals surface area (Å²) in [6.45, 7) is 2.07. The van der Waals surface area contributed by atoms with Crippen molar-refractivity contribution in [2.45, 2.75) is 13.5 Å². The molecule has 0 unspecified atom stereocenters.